The topological polar surface area (TPSA) is 36.4 Å². The van der Waals surface area contributed by atoms with Gasteiger partial charge in [-0.1, -0.05) is 30.4 Å². The number of likely N-dealkylation sites (N-methyl/N-ethyl adjacent to an activating group) is 1. The van der Waals surface area contributed by atoms with E-state index in [1.807, 2.05) is 31.1 Å². The highest BCUT2D eigenvalue weighted by atomic mass is 16.3. The van der Waals surface area contributed by atoms with Crippen LogP contribution in [0.1, 0.15) is 16.8 Å². The second-order valence-corrected chi connectivity index (χ2v) is 4.80. The number of hydrogen-bond acceptors (Lipinski definition) is 3. The fraction of sp³-hybridized carbons (Fsp3) is 0.235. The molecule has 2 rings (SSSR count). The van der Waals surface area contributed by atoms with Gasteiger partial charge in [0.1, 0.15) is 0 Å². The Morgan fingerprint density at radius 3 is 2.30 bits per heavy atom. The maximum absolute atomic E-state index is 8.92. The van der Waals surface area contributed by atoms with E-state index in [4.69, 9.17) is 5.11 Å². The Morgan fingerprint density at radius 1 is 1.05 bits per heavy atom. The van der Waals surface area contributed by atoms with Crippen molar-refractivity contribution in [1.82, 2.24) is 4.98 Å². The third kappa shape index (κ3) is 3.93. The number of hydrogen-bond donors (Lipinski definition) is 1. The lowest BCUT2D eigenvalue weighted by Gasteiger charge is -2.17. The highest BCUT2D eigenvalue weighted by Crippen LogP contribution is 2.15. The van der Waals surface area contributed by atoms with Crippen LogP contribution in [0.5, 0.6) is 0 Å². The number of aliphatic hydroxyl groups is 1. The highest BCUT2D eigenvalue weighted by molar-refractivity contribution is 5.70. The van der Waals surface area contributed by atoms with E-state index < -0.39 is 0 Å². The molecule has 104 valence electrons. The number of aromatic nitrogens is 1. The predicted octanol–water partition coefficient (Wildman–Crippen LogP) is 2.99. The van der Waals surface area contributed by atoms with Crippen molar-refractivity contribution in [3.8, 4) is 0 Å². The van der Waals surface area contributed by atoms with Crippen LogP contribution in [0.15, 0.2) is 42.6 Å². The van der Waals surface area contributed by atoms with Crippen LogP contribution in [-0.2, 0) is 0 Å². The van der Waals surface area contributed by atoms with Crippen LogP contribution in [-0.4, -0.2) is 30.3 Å². The molecule has 0 atom stereocenters. The van der Waals surface area contributed by atoms with Gasteiger partial charge >= 0.3 is 0 Å². The number of anilines is 1. The third-order valence-corrected chi connectivity index (χ3v) is 3.17. The second kappa shape index (κ2) is 6.87. The minimum Gasteiger partial charge on any atom is -0.395 e. The molecule has 1 heterocycles. The molecule has 0 radical (unpaired) electrons. The lowest BCUT2D eigenvalue weighted by atomic mass is 10.1. The molecule has 0 aliphatic carbocycles. The molecule has 0 aliphatic rings. The number of rotatable bonds is 5. The van der Waals surface area contributed by atoms with E-state index in [0.29, 0.717) is 6.54 Å². The maximum atomic E-state index is 8.92. The summed E-state index contributed by atoms with van der Waals surface area (Å²) in [7, 11) is 1.97. The highest BCUT2D eigenvalue weighted by Gasteiger charge is 1.98. The van der Waals surface area contributed by atoms with Crippen molar-refractivity contribution in [2.75, 3.05) is 25.1 Å². The van der Waals surface area contributed by atoms with E-state index in [1.165, 1.54) is 0 Å². The Labute approximate surface area is 120 Å². The zero-order valence-electron chi connectivity index (χ0n) is 12.0. The Balaban J connectivity index is 2.05. The molecule has 2 aromatic rings. The molecule has 20 heavy (non-hydrogen) atoms. The molecule has 0 bridgehead atoms. The summed E-state index contributed by atoms with van der Waals surface area (Å²) in [6.45, 7) is 2.79. The van der Waals surface area contributed by atoms with Gasteiger partial charge in [-0.05, 0) is 36.2 Å². The summed E-state index contributed by atoms with van der Waals surface area (Å²) in [5.74, 6) is 0. The number of pyridine rings is 1. The zero-order chi connectivity index (χ0) is 14.4. The number of aliphatic hydroxyl groups excluding tert-OH is 1. The zero-order valence-corrected chi connectivity index (χ0v) is 12.0. The van der Waals surface area contributed by atoms with E-state index in [9.17, 15) is 0 Å². The SMILES string of the molecule is Cc1ccc(/C=C/c2ccc(N(C)CCO)cc2)cn1. The lowest BCUT2D eigenvalue weighted by Crippen LogP contribution is -2.20. The van der Waals surface area contributed by atoms with Crippen LogP contribution in [0.3, 0.4) is 0 Å². The molecule has 1 aromatic carbocycles. The van der Waals surface area contributed by atoms with E-state index in [1.54, 1.807) is 0 Å². The Bertz CT molecular complexity index is 559. The van der Waals surface area contributed by atoms with E-state index >= 15 is 0 Å². The molecule has 0 aliphatic heterocycles. The van der Waals surface area contributed by atoms with Gasteiger partial charge < -0.3 is 10.0 Å². The van der Waals surface area contributed by atoms with Gasteiger partial charge in [-0.25, -0.2) is 0 Å². The van der Waals surface area contributed by atoms with Crippen molar-refractivity contribution in [3.63, 3.8) is 0 Å². The van der Waals surface area contributed by atoms with Crippen molar-refractivity contribution in [3.05, 3.63) is 59.4 Å². The first-order valence-corrected chi connectivity index (χ1v) is 6.72. The van der Waals surface area contributed by atoms with Crippen LogP contribution in [0, 0.1) is 6.92 Å². The maximum Gasteiger partial charge on any atom is 0.0606 e. The quantitative estimate of drug-likeness (QED) is 0.905. The predicted molar refractivity (Wildman–Crippen MR) is 84.7 cm³/mol. The lowest BCUT2D eigenvalue weighted by molar-refractivity contribution is 0.304. The summed E-state index contributed by atoms with van der Waals surface area (Å²) in [5, 5.41) is 8.92. The van der Waals surface area contributed by atoms with E-state index in [2.05, 4.69) is 47.5 Å². The molecule has 1 aromatic heterocycles. The molecular formula is C17H20N2O. The summed E-state index contributed by atoms with van der Waals surface area (Å²) >= 11 is 0. The molecule has 0 saturated carbocycles. The van der Waals surface area contributed by atoms with E-state index in [-0.39, 0.29) is 6.61 Å². The van der Waals surface area contributed by atoms with Gasteiger partial charge in [0.15, 0.2) is 0 Å². The first-order valence-electron chi connectivity index (χ1n) is 6.72. The fourth-order valence-electron chi connectivity index (χ4n) is 1.89. The Kier molecular flexibility index (Phi) is 4.91. The Hall–Kier alpha value is -2.13. The van der Waals surface area contributed by atoms with Crippen LogP contribution >= 0.6 is 0 Å². The number of nitrogens with zero attached hydrogens (tertiary/aromatic N) is 2. The molecule has 0 spiro atoms. The van der Waals surface area contributed by atoms with Crippen molar-refractivity contribution in [1.29, 1.82) is 0 Å². The molecule has 0 unspecified atom stereocenters. The van der Waals surface area contributed by atoms with Gasteiger partial charge in [0.05, 0.1) is 6.61 Å². The molecule has 0 fully saturated rings. The average Bonchev–Trinajstić information content (AvgIpc) is 2.47. The van der Waals surface area contributed by atoms with Crippen LogP contribution in [0.2, 0.25) is 0 Å². The van der Waals surface area contributed by atoms with Gasteiger partial charge in [-0.2, -0.15) is 0 Å². The van der Waals surface area contributed by atoms with Gasteiger partial charge in [0.2, 0.25) is 0 Å². The summed E-state index contributed by atoms with van der Waals surface area (Å²) in [6.07, 6.45) is 6.00. The molecule has 3 nitrogen and oxygen atoms in total. The van der Waals surface area contributed by atoms with Crippen LogP contribution in [0.4, 0.5) is 5.69 Å². The first-order chi connectivity index (χ1) is 9.69. The van der Waals surface area contributed by atoms with Crippen molar-refractivity contribution >= 4 is 17.8 Å². The average molecular weight is 268 g/mol. The van der Waals surface area contributed by atoms with Crippen molar-refractivity contribution in [2.45, 2.75) is 6.92 Å². The number of aryl methyl sites for hydroxylation is 1. The minimum atomic E-state index is 0.165. The molecule has 1 N–H and O–H groups in total. The smallest absolute Gasteiger partial charge is 0.0606 e. The van der Waals surface area contributed by atoms with Gasteiger partial charge in [-0.3, -0.25) is 4.98 Å². The van der Waals surface area contributed by atoms with Gasteiger partial charge in [-0.15, -0.1) is 0 Å². The van der Waals surface area contributed by atoms with E-state index in [0.717, 1.165) is 22.5 Å². The standard InChI is InChI=1S/C17H20N2O/c1-14-3-4-16(13-18-14)6-5-15-7-9-17(10-8-15)19(2)11-12-20/h3-10,13,20H,11-12H2,1-2H3/b6-5+. The molecule has 3 heteroatoms. The normalized spacial score (nSPS) is 10.9. The summed E-state index contributed by atoms with van der Waals surface area (Å²) < 4.78 is 0. The van der Waals surface area contributed by atoms with Gasteiger partial charge in [0.25, 0.3) is 0 Å². The van der Waals surface area contributed by atoms with Crippen molar-refractivity contribution < 1.29 is 5.11 Å². The van der Waals surface area contributed by atoms with Gasteiger partial charge in [0, 0.05) is 31.2 Å². The first kappa shape index (κ1) is 14.3. The largest absolute Gasteiger partial charge is 0.395 e. The Morgan fingerprint density at radius 2 is 1.70 bits per heavy atom. The van der Waals surface area contributed by atoms with Crippen LogP contribution < -0.4 is 4.90 Å². The summed E-state index contributed by atoms with van der Waals surface area (Å²) in [6, 6.07) is 12.3. The monoisotopic (exact) mass is 268 g/mol. The molecule has 0 amide bonds. The third-order valence-electron chi connectivity index (χ3n) is 3.17. The minimum absolute atomic E-state index is 0.165. The summed E-state index contributed by atoms with van der Waals surface area (Å²) in [5.41, 5.74) is 4.37. The molecule has 0 saturated heterocycles. The second-order valence-electron chi connectivity index (χ2n) is 4.80. The fourth-order valence-corrected chi connectivity index (χ4v) is 1.89. The summed E-state index contributed by atoms with van der Waals surface area (Å²) in [4.78, 5) is 6.29. The van der Waals surface area contributed by atoms with Crippen molar-refractivity contribution in [2.24, 2.45) is 0 Å². The van der Waals surface area contributed by atoms with Crippen LogP contribution in [0.25, 0.3) is 12.2 Å². The number of benzene rings is 1. The molecular weight excluding hydrogens is 248 g/mol.